The summed E-state index contributed by atoms with van der Waals surface area (Å²) in [5.74, 6) is -0.627. The second-order valence-corrected chi connectivity index (χ2v) is 9.04. The molecule has 160 valence electrons. The number of hydrogen-bond acceptors (Lipinski definition) is 3. The lowest BCUT2D eigenvalue weighted by atomic mass is 9.97. The Morgan fingerprint density at radius 2 is 1.62 bits per heavy atom. The lowest BCUT2D eigenvalue weighted by molar-refractivity contribution is 0.0714. The zero-order chi connectivity index (χ0) is 22.6. The third-order valence-corrected chi connectivity index (χ3v) is 6.56. The zero-order valence-corrected chi connectivity index (χ0v) is 19.1. The van der Waals surface area contributed by atoms with Gasteiger partial charge in [-0.15, -0.1) is 0 Å². The predicted octanol–water partition coefficient (Wildman–Crippen LogP) is 6.06. The van der Waals surface area contributed by atoms with Crippen LogP contribution in [0.15, 0.2) is 74.3 Å². The van der Waals surface area contributed by atoms with Crippen molar-refractivity contribution >= 4 is 32.8 Å². The van der Waals surface area contributed by atoms with Gasteiger partial charge in [-0.25, -0.2) is 4.39 Å². The van der Waals surface area contributed by atoms with Crippen LogP contribution in [0.1, 0.15) is 44.4 Å². The summed E-state index contributed by atoms with van der Waals surface area (Å²) >= 11 is 3.44. The molecule has 0 saturated heterocycles. The maximum Gasteiger partial charge on any atom is 0.291 e. The van der Waals surface area contributed by atoms with E-state index in [1.54, 1.807) is 23.1 Å². The minimum Gasteiger partial charge on any atom is -0.450 e. The quantitative estimate of drug-likeness (QED) is 0.350. The number of amides is 1. The Morgan fingerprint density at radius 1 is 0.969 bits per heavy atom. The first-order valence-corrected chi connectivity index (χ1v) is 11.0. The number of rotatable bonds is 3. The Morgan fingerprint density at radius 3 is 2.31 bits per heavy atom. The smallest absolute Gasteiger partial charge is 0.291 e. The van der Waals surface area contributed by atoms with Crippen LogP contribution < -0.4 is 5.43 Å². The van der Waals surface area contributed by atoms with E-state index >= 15 is 0 Å². The van der Waals surface area contributed by atoms with E-state index in [-0.39, 0.29) is 29.5 Å². The highest BCUT2D eigenvalue weighted by molar-refractivity contribution is 9.10. The van der Waals surface area contributed by atoms with E-state index in [9.17, 15) is 14.0 Å². The summed E-state index contributed by atoms with van der Waals surface area (Å²) < 4.78 is 20.3. The predicted molar refractivity (Wildman–Crippen MR) is 124 cm³/mol. The van der Waals surface area contributed by atoms with Crippen molar-refractivity contribution < 1.29 is 13.6 Å². The standard InChI is InChI=1S/C26H19BrFNO3/c1-14-11-20-21(12-15(14)2)32-25-22(24(20)30)23(17-5-7-18(27)8-6-17)29(26(25)31)13-16-3-9-19(28)10-4-16/h3-12,23H,13H2,1-2H3. The first-order valence-electron chi connectivity index (χ1n) is 10.2. The van der Waals surface area contributed by atoms with Crippen molar-refractivity contribution in [1.82, 2.24) is 4.90 Å². The highest BCUT2D eigenvalue weighted by Crippen LogP contribution is 2.39. The molecule has 3 aromatic carbocycles. The second-order valence-electron chi connectivity index (χ2n) is 8.12. The van der Waals surface area contributed by atoms with Crippen LogP contribution in [0.5, 0.6) is 0 Å². The SMILES string of the molecule is Cc1cc2oc3c(c(=O)c2cc1C)C(c1ccc(Br)cc1)N(Cc1ccc(F)cc1)C3=O. The van der Waals surface area contributed by atoms with Gasteiger partial charge >= 0.3 is 0 Å². The van der Waals surface area contributed by atoms with Crippen LogP contribution in [0.2, 0.25) is 0 Å². The minimum atomic E-state index is -0.599. The third-order valence-electron chi connectivity index (χ3n) is 6.03. The lowest BCUT2D eigenvalue weighted by Gasteiger charge is -2.25. The molecule has 0 spiro atoms. The van der Waals surface area contributed by atoms with Crippen molar-refractivity contribution in [1.29, 1.82) is 0 Å². The number of hydrogen-bond donors (Lipinski definition) is 0. The van der Waals surface area contributed by atoms with Crippen LogP contribution in [0.4, 0.5) is 4.39 Å². The van der Waals surface area contributed by atoms with E-state index in [0.29, 0.717) is 16.5 Å². The maximum absolute atomic E-state index is 13.6. The summed E-state index contributed by atoms with van der Waals surface area (Å²) in [5, 5.41) is 0.463. The number of carbonyl (C=O) groups is 1. The van der Waals surface area contributed by atoms with E-state index in [0.717, 1.165) is 26.7 Å². The van der Waals surface area contributed by atoms with E-state index < -0.39 is 6.04 Å². The molecule has 32 heavy (non-hydrogen) atoms. The summed E-state index contributed by atoms with van der Waals surface area (Å²) in [5.41, 5.74) is 4.08. The fourth-order valence-corrected chi connectivity index (χ4v) is 4.48. The number of fused-ring (bicyclic) bond motifs is 2. The molecular weight excluding hydrogens is 473 g/mol. The fourth-order valence-electron chi connectivity index (χ4n) is 4.22. The molecule has 0 bridgehead atoms. The summed E-state index contributed by atoms with van der Waals surface area (Å²) in [6.07, 6.45) is 0. The molecule has 4 aromatic rings. The van der Waals surface area contributed by atoms with Crippen molar-refractivity contribution in [3.05, 3.63) is 115 Å². The highest BCUT2D eigenvalue weighted by atomic mass is 79.9. The number of benzene rings is 3. The second kappa shape index (κ2) is 7.71. The van der Waals surface area contributed by atoms with Gasteiger partial charge in [0.25, 0.3) is 5.91 Å². The molecular formula is C26H19BrFNO3. The molecule has 0 N–H and O–H groups in total. The van der Waals surface area contributed by atoms with Crippen molar-refractivity contribution in [3.8, 4) is 0 Å². The Balaban J connectivity index is 1.73. The van der Waals surface area contributed by atoms with E-state index in [1.807, 2.05) is 44.2 Å². The van der Waals surface area contributed by atoms with Gasteiger partial charge in [0.15, 0.2) is 5.43 Å². The largest absolute Gasteiger partial charge is 0.450 e. The van der Waals surface area contributed by atoms with Crippen LogP contribution >= 0.6 is 15.9 Å². The normalized spacial score (nSPS) is 15.4. The van der Waals surface area contributed by atoms with Crippen LogP contribution in [0.3, 0.4) is 0 Å². The average molecular weight is 492 g/mol. The van der Waals surface area contributed by atoms with Crippen LogP contribution in [-0.4, -0.2) is 10.8 Å². The molecule has 0 saturated carbocycles. The fraction of sp³-hybridized carbons (Fsp3) is 0.154. The summed E-state index contributed by atoms with van der Waals surface area (Å²) in [6, 6.07) is 16.6. The lowest BCUT2D eigenvalue weighted by Crippen LogP contribution is -2.29. The first-order chi connectivity index (χ1) is 15.3. The Hall–Kier alpha value is -3.25. The molecule has 2 heterocycles. The minimum absolute atomic E-state index is 0.0702. The van der Waals surface area contributed by atoms with Gasteiger partial charge in [-0.05, 0) is 72.5 Å². The topological polar surface area (TPSA) is 50.5 Å². The molecule has 0 aliphatic carbocycles. The van der Waals surface area contributed by atoms with Gasteiger partial charge < -0.3 is 9.32 Å². The summed E-state index contributed by atoms with van der Waals surface area (Å²) in [7, 11) is 0. The van der Waals surface area contributed by atoms with Gasteiger partial charge in [0, 0.05) is 11.0 Å². The Bertz CT molecular complexity index is 1430. The van der Waals surface area contributed by atoms with Crippen LogP contribution in [0, 0.1) is 19.7 Å². The van der Waals surface area contributed by atoms with E-state index in [1.165, 1.54) is 12.1 Å². The Kier molecular flexibility index (Phi) is 4.97. The molecule has 1 atom stereocenters. The maximum atomic E-state index is 13.6. The molecule has 6 heteroatoms. The molecule has 1 unspecified atom stereocenters. The molecule has 0 radical (unpaired) electrons. The first kappa shape index (κ1) is 20.6. The van der Waals surface area contributed by atoms with Gasteiger partial charge in [-0.2, -0.15) is 0 Å². The summed E-state index contributed by atoms with van der Waals surface area (Å²) in [6.45, 7) is 4.10. The molecule has 1 aromatic heterocycles. The number of nitrogens with zero attached hydrogens (tertiary/aromatic N) is 1. The average Bonchev–Trinajstić information content (AvgIpc) is 3.04. The van der Waals surface area contributed by atoms with Crippen LogP contribution in [0.25, 0.3) is 11.0 Å². The molecule has 1 aliphatic rings. The summed E-state index contributed by atoms with van der Waals surface area (Å²) in [4.78, 5) is 28.7. The highest BCUT2D eigenvalue weighted by Gasteiger charge is 2.42. The molecule has 4 nitrogen and oxygen atoms in total. The number of aryl methyl sites for hydroxylation is 2. The van der Waals surface area contributed by atoms with Crippen molar-refractivity contribution in [3.63, 3.8) is 0 Å². The van der Waals surface area contributed by atoms with E-state index in [2.05, 4.69) is 15.9 Å². The molecule has 1 amide bonds. The molecule has 0 fully saturated rings. The number of carbonyl (C=O) groups excluding carboxylic acids is 1. The third kappa shape index (κ3) is 3.35. The number of halogens is 2. The van der Waals surface area contributed by atoms with E-state index in [4.69, 9.17) is 4.42 Å². The molecule has 1 aliphatic heterocycles. The van der Waals surface area contributed by atoms with Gasteiger partial charge in [0.05, 0.1) is 17.0 Å². The monoisotopic (exact) mass is 491 g/mol. The van der Waals surface area contributed by atoms with Crippen LogP contribution in [-0.2, 0) is 6.54 Å². The molecule has 5 rings (SSSR count). The van der Waals surface area contributed by atoms with Crippen molar-refractivity contribution in [2.24, 2.45) is 0 Å². The Labute approximate surface area is 192 Å². The van der Waals surface area contributed by atoms with Gasteiger partial charge in [0.1, 0.15) is 11.4 Å². The van der Waals surface area contributed by atoms with Crippen molar-refractivity contribution in [2.45, 2.75) is 26.4 Å². The van der Waals surface area contributed by atoms with Gasteiger partial charge in [-0.3, -0.25) is 9.59 Å². The van der Waals surface area contributed by atoms with Gasteiger partial charge in [0.2, 0.25) is 5.76 Å². The zero-order valence-electron chi connectivity index (χ0n) is 17.5. The van der Waals surface area contributed by atoms with Gasteiger partial charge in [-0.1, -0.05) is 40.2 Å². The van der Waals surface area contributed by atoms with Crippen molar-refractivity contribution in [2.75, 3.05) is 0 Å².